The Bertz CT molecular complexity index is 1020. The third kappa shape index (κ3) is 3.15. The van der Waals surface area contributed by atoms with E-state index >= 15 is 0 Å². The first kappa shape index (κ1) is 16.2. The minimum atomic E-state index is 0.211. The van der Waals surface area contributed by atoms with Crippen LogP contribution in [-0.2, 0) is 6.67 Å². The van der Waals surface area contributed by atoms with Gasteiger partial charge in [-0.25, -0.2) is 4.98 Å². The first-order valence-electron chi connectivity index (χ1n) is 7.91. The summed E-state index contributed by atoms with van der Waals surface area (Å²) in [6.07, 6.45) is 1.58. The van der Waals surface area contributed by atoms with Gasteiger partial charge in [-0.3, -0.25) is 0 Å². The SMILES string of the molecule is C[C@@H](c1nc2ccccc2s1)[NH+](C)Cn1nc(-c2ccco2)oc1=S. The molecule has 1 unspecified atom stereocenters. The normalized spacial score (nSPS) is 14.0. The number of quaternary nitrogens is 1. The molecule has 0 aliphatic heterocycles. The first-order valence-corrected chi connectivity index (χ1v) is 9.14. The van der Waals surface area contributed by atoms with Crippen LogP contribution in [0.5, 0.6) is 0 Å². The van der Waals surface area contributed by atoms with Crippen LogP contribution in [0, 0.1) is 4.84 Å². The largest absolute Gasteiger partial charge is 0.459 e. The van der Waals surface area contributed by atoms with E-state index in [0.29, 0.717) is 23.2 Å². The number of hydrogen-bond donors (Lipinski definition) is 1. The number of fused-ring (bicyclic) bond motifs is 1. The van der Waals surface area contributed by atoms with Gasteiger partial charge in [0.05, 0.1) is 23.5 Å². The highest BCUT2D eigenvalue weighted by Gasteiger charge is 2.21. The maximum absolute atomic E-state index is 5.54. The van der Waals surface area contributed by atoms with Crippen LogP contribution in [0.4, 0.5) is 0 Å². The van der Waals surface area contributed by atoms with Gasteiger partial charge in [0, 0.05) is 0 Å². The van der Waals surface area contributed by atoms with E-state index in [-0.39, 0.29) is 6.04 Å². The molecule has 0 bridgehead atoms. The molecule has 1 aromatic carbocycles. The molecule has 0 aliphatic rings. The standard InChI is InChI=1S/C17H16N4O2S2/c1-11(16-18-12-6-3-4-8-14(12)25-16)20(2)10-21-17(24)23-15(19-21)13-7-5-9-22-13/h3-9,11H,10H2,1-2H3/p+1/t11-/m0/s1. The van der Waals surface area contributed by atoms with Crippen molar-refractivity contribution < 1.29 is 13.7 Å². The number of rotatable bonds is 5. The van der Waals surface area contributed by atoms with E-state index < -0.39 is 0 Å². The minimum absolute atomic E-state index is 0.211. The van der Waals surface area contributed by atoms with Crippen LogP contribution >= 0.6 is 23.6 Å². The maximum atomic E-state index is 5.54. The summed E-state index contributed by atoms with van der Waals surface area (Å²) >= 11 is 7.01. The Morgan fingerprint density at radius 2 is 2.12 bits per heavy atom. The molecule has 3 heterocycles. The van der Waals surface area contributed by atoms with Crippen molar-refractivity contribution in [2.75, 3.05) is 7.05 Å². The minimum Gasteiger partial charge on any atom is -0.459 e. The van der Waals surface area contributed by atoms with Crippen LogP contribution in [-0.4, -0.2) is 21.8 Å². The second kappa shape index (κ2) is 6.55. The molecule has 6 nitrogen and oxygen atoms in total. The summed E-state index contributed by atoms with van der Waals surface area (Å²) in [4.78, 5) is 6.30. The molecular formula is C17H17N4O2S2+. The Morgan fingerprint density at radius 1 is 1.28 bits per heavy atom. The maximum Gasteiger partial charge on any atom is 0.292 e. The summed E-state index contributed by atoms with van der Waals surface area (Å²) in [6.45, 7) is 2.74. The van der Waals surface area contributed by atoms with Gasteiger partial charge in [-0.2, -0.15) is 4.68 Å². The Labute approximate surface area is 153 Å². The quantitative estimate of drug-likeness (QED) is 0.544. The third-order valence-electron chi connectivity index (χ3n) is 4.16. The van der Waals surface area contributed by atoms with E-state index in [1.165, 1.54) is 9.60 Å². The van der Waals surface area contributed by atoms with Gasteiger partial charge in [0.25, 0.3) is 10.7 Å². The average Bonchev–Trinajstić information content (AvgIpc) is 3.33. The van der Waals surface area contributed by atoms with Crippen LogP contribution < -0.4 is 4.90 Å². The van der Waals surface area contributed by atoms with E-state index in [1.54, 1.807) is 34.4 Å². The highest BCUT2D eigenvalue weighted by atomic mass is 32.1. The lowest BCUT2D eigenvalue weighted by molar-refractivity contribution is -0.933. The summed E-state index contributed by atoms with van der Waals surface area (Å²) in [5.74, 6) is 0.970. The van der Waals surface area contributed by atoms with Gasteiger partial charge < -0.3 is 13.7 Å². The molecule has 0 fully saturated rings. The Morgan fingerprint density at radius 3 is 2.88 bits per heavy atom. The third-order valence-corrected chi connectivity index (χ3v) is 5.67. The number of hydrogen-bond acceptors (Lipinski definition) is 6. The molecule has 2 atom stereocenters. The van der Waals surface area contributed by atoms with Crippen molar-refractivity contribution in [2.45, 2.75) is 19.6 Å². The van der Waals surface area contributed by atoms with Crippen LogP contribution in [0.3, 0.4) is 0 Å². The zero-order chi connectivity index (χ0) is 17.4. The molecule has 4 rings (SSSR count). The molecule has 0 aliphatic carbocycles. The fourth-order valence-electron chi connectivity index (χ4n) is 2.57. The van der Waals surface area contributed by atoms with Crippen molar-refractivity contribution in [1.29, 1.82) is 0 Å². The van der Waals surface area contributed by atoms with Gasteiger partial charge in [-0.1, -0.05) is 12.1 Å². The summed E-state index contributed by atoms with van der Waals surface area (Å²) in [5.41, 5.74) is 1.04. The van der Waals surface area contributed by atoms with Crippen LogP contribution in [0.2, 0.25) is 0 Å². The molecule has 25 heavy (non-hydrogen) atoms. The van der Waals surface area contributed by atoms with Crippen LogP contribution in [0.1, 0.15) is 18.0 Å². The zero-order valence-electron chi connectivity index (χ0n) is 13.8. The van der Waals surface area contributed by atoms with Crippen molar-refractivity contribution in [3.05, 3.63) is 52.5 Å². The molecular weight excluding hydrogens is 356 g/mol. The number of aromatic nitrogens is 3. The molecule has 0 spiro atoms. The highest BCUT2D eigenvalue weighted by Crippen LogP contribution is 2.24. The van der Waals surface area contributed by atoms with E-state index in [0.717, 1.165) is 10.5 Å². The molecule has 1 N–H and O–H groups in total. The first-order chi connectivity index (χ1) is 12.1. The fourth-order valence-corrected chi connectivity index (χ4v) is 3.86. The highest BCUT2D eigenvalue weighted by molar-refractivity contribution is 7.71. The number of thiazole rings is 1. The number of para-hydroxylation sites is 1. The Balaban J connectivity index is 1.55. The second-order valence-corrected chi connectivity index (χ2v) is 7.31. The van der Waals surface area contributed by atoms with Gasteiger partial charge in [-0.15, -0.1) is 16.4 Å². The molecule has 0 amide bonds. The molecule has 3 aromatic heterocycles. The topological polar surface area (TPSA) is 61.4 Å². The second-order valence-electron chi connectivity index (χ2n) is 5.90. The molecule has 0 saturated carbocycles. The number of furan rings is 1. The lowest BCUT2D eigenvalue weighted by Crippen LogP contribution is -3.08. The van der Waals surface area contributed by atoms with Gasteiger partial charge in [-0.05, 0) is 43.4 Å². The van der Waals surface area contributed by atoms with Gasteiger partial charge in [0.1, 0.15) is 6.04 Å². The van der Waals surface area contributed by atoms with E-state index in [4.69, 9.17) is 26.0 Å². The summed E-state index contributed by atoms with van der Waals surface area (Å²) in [6, 6.07) is 12.0. The fraction of sp³-hybridized carbons (Fsp3) is 0.235. The van der Waals surface area contributed by atoms with Crippen molar-refractivity contribution in [3.63, 3.8) is 0 Å². The van der Waals surface area contributed by atoms with Gasteiger partial charge in [0.15, 0.2) is 17.4 Å². The predicted molar refractivity (Wildman–Crippen MR) is 98.0 cm³/mol. The summed E-state index contributed by atoms with van der Waals surface area (Å²) in [5, 5.41) is 5.52. The van der Waals surface area contributed by atoms with E-state index in [1.807, 2.05) is 18.2 Å². The lowest BCUT2D eigenvalue weighted by atomic mass is 10.3. The van der Waals surface area contributed by atoms with Crippen LogP contribution in [0.25, 0.3) is 21.9 Å². The van der Waals surface area contributed by atoms with Crippen molar-refractivity contribution >= 4 is 33.8 Å². The number of nitrogens with zero attached hydrogens (tertiary/aromatic N) is 3. The smallest absolute Gasteiger partial charge is 0.292 e. The van der Waals surface area contributed by atoms with E-state index in [2.05, 4.69) is 25.1 Å². The molecule has 8 heteroatoms. The van der Waals surface area contributed by atoms with E-state index in [9.17, 15) is 0 Å². The predicted octanol–water partition coefficient (Wildman–Crippen LogP) is 3.31. The average molecular weight is 373 g/mol. The molecule has 4 aromatic rings. The Hall–Kier alpha value is -2.29. The zero-order valence-corrected chi connectivity index (χ0v) is 15.4. The molecule has 0 saturated heterocycles. The van der Waals surface area contributed by atoms with Crippen molar-refractivity contribution in [1.82, 2.24) is 14.8 Å². The number of nitrogens with one attached hydrogen (secondary N) is 1. The summed E-state index contributed by atoms with van der Waals surface area (Å²) < 4.78 is 13.7. The monoisotopic (exact) mass is 373 g/mol. The van der Waals surface area contributed by atoms with Gasteiger partial charge in [0.2, 0.25) is 0 Å². The Kier molecular flexibility index (Phi) is 4.24. The van der Waals surface area contributed by atoms with Crippen molar-refractivity contribution in [3.8, 4) is 11.7 Å². The number of benzene rings is 1. The summed E-state index contributed by atoms with van der Waals surface area (Å²) in [7, 11) is 2.10. The molecule has 128 valence electrons. The van der Waals surface area contributed by atoms with Gasteiger partial charge >= 0.3 is 0 Å². The van der Waals surface area contributed by atoms with Crippen molar-refractivity contribution in [2.24, 2.45) is 0 Å². The lowest BCUT2D eigenvalue weighted by Gasteiger charge is -2.19. The van der Waals surface area contributed by atoms with Crippen LogP contribution in [0.15, 0.2) is 51.5 Å². The molecule has 0 radical (unpaired) electrons.